The highest BCUT2D eigenvalue weighted by atomic mass is 127. The second kappa shape index (κ2) is 5.03. The molecule has 88 valence electrons. The van der Waals surface area contributed by atoms with E-state index in [0.717, 1.165) is 10.6 Å². The van der Waals surface area contributed by atoms with E-state index in [1.54, 1.807) is 18.2 Å². The molecule has 0 aliphatic carbocycles. The first-order chi connectivity index (χ1) is 7.29. The number of benzene rings is 1. The Morgan fingerprint density at radius 3 is 2.56 bits per heavy atom. The fraction of sp³-hybridized carbons (Fsp3) is 0.300. The molecule has 16 heavy (non-hydrogen) atoms. The maximum Gasteiger partial charge on any atom is 0.406 e. The Kier molecular flexibility index (Phi) is 4.17. The molecular formula is C10H9F3INO. The Hall–Kier alpha value is -0.790. The Balaban J connectivity index is 2.78. The molecule has 0 heterocycles. The largest absolute Gasteiger partial charge is 0.406 e. The van der Waals surface area contributed by atoms with Crippen LogP contribution in [0.25, 0.3) is 0 Å². The van der Waals surface area contributed by atoms with Gasteiger partial charge in [-0.15, -0.1) is 0 Å². The Labute approximate surface area is 105 Å². The lowest BCUT2D eigenvalue weighted by molar-refractivity contribution is -0.138. The molecule has 0 unspecified atom stereocenters. The molecular weight excluding hydrogens is 334 g/mol. The third-order valence-electron chi connectivity index (χ3n) is 1.83. The Bertz CT molecular complexity index is 392. The van der Waals surface area contributed by atoms with E-state index < -0.39 is 18.6 Å². The first-order valence-corrected chi connectivity index (χ1v) is 5.45. The first kappa shape index (κ1) is 13.3. The maximum atomic E-state index is 12.1. The van der Waals surface area contributed by atoms with Crippen LogP contribution in [0.2, 0.25) is 0 Å². The minimum atomic E-state index is -4.37. The normalized spacial score (nSPS) is 11.3. The molecule has 0 atom stereocenters. The third kappa shape index (κ3) is 3.99. The molecule has 1 aromatic rings. The maximum absolute atomic E-state index is 12.1. The van der Waals surface area contributed by atoms with Crippen molar-refractivity contribution in [2.24, 2.45) is 0 Å². The summed E-state index contributed by atoms with van der Waals surface area (Å²) in [5.41, 5.74) is 0.263. The average Bonchev–Trinajstić information content (AvgIpc) is 2.14. The van der Waals surface area contributed by atoms with Crippen LogP contribution in [0.1, 0.15) is 10.4 Å². The van der Waals surface area contributed by atoms with Gasteiger partial charge in [0.25, 0.3) is 5.91 Å². The molecule has 0 bridgehead atoms. The summed E-state index contributed by atoms with van der Waals surface area (Å²) in [6, 6.07) is 6.45. The van der Waals surface area contributed by atoms with Gasteiger partial charge in [0, 0.05) is 16.2 Å². The molecule has 0 aliphatic heterocycles. The van der Waals surface area contributed by atoms with E-state index in [1.807, 2.05) is 22.6 Å². The standard InChI is InChI=1S/C10H9F3INO/c1-15(6-10(11,12)13)9(16)7-3-2-4-8(14)5-7/h2-5H,6H2,1H3. The van der Waals surface area contributed by atoms with E-state index in [1.165, 1.54) is 6.07 Å². The highest BCUT2D eigenvalue weighted by Crippen LogP contribution is 2.17. The van der Waals surface area contributed by atoms with Gasteiger partial charge in [-0.05, 0) is 40.8 Å². The van der Waals surface area contributed by atoms with Crippen LogP contribution in [0, 0.1) is 3.57 Å². The molecule has 0 saturated carbocycles. The highest BCUT2D eigenvalue weighted by molar-refractivity contribution is 14.1. The number of nitrogens with zero attached hydrogens (tertiary/aromatic N) is 1. The Morgan fingerprint density at radius 2 is 2.06 bits per heavy atom. The van der Waals surface area contributed by atoms with Gasteiger partial charge in [0.1, 0.15) is 6.54 Å². The van der Waals surface area contributed by atoms with Crippen molar-refractivity contribution in [1.29, 1.82) is 0 Å². The summed E-state index contributed by atoms with van der Waals surface area (Å²) >= 11 is 2.00. The zero-order valence-corrected chi connectivity index (χ0v) is 10.5. The average molecular weight is 343 g/mol. The first-order valence-electron chi connectivity index (χ1n) is 4.37. The fourth-order valence-corrected chi connectivity index (χ4v) is 1.73. The molecule has 0 radical (unpaired) electrons. The molecule has 0 fully saturated rings. The van der Waals surface area contributed by atoms with Crippen LogP contribution in [-0.4, -0.2) is 30.6 Å². The number of alkyl halides is 3. The van der Waals surface area contributed by atoms with Gasteiger partial charge in [-0.3, -0.25) is 4.79 Å². The zero-order valence-electron chi connectivity index (χ0n) is 8.38. The minimum Gasteiger partial charge on any atom is -0.333 e. The van der Waals surface area contributed by atoms with E-state index in [0.29, 0.717) is 4.90 Å². The predicted molar refractivity (Wildman–Crippen MR) is 62.2 cm³/mol. The highest BCUT2D eigenvalue weighted by Gasteiger charge is 2.31. The molecule has 1 aromatic carbocycles. The third-order valence-corrected chi connectivity index (χ3v) is 2.51. The van der Waals surface area contributed by atoms with Crippen molar-refractivity contribution in [2.75, 3.05) is 13.6 Å². The van der Waals surface area contributed by atoms with E-state index in [9.17, 15) is 18.0 Å². The topological polar surface area (TPSA) is 20.3 Å². The lowest BCUT2D eigenvalue weighted by Gasteiger charge is -2.18. The van der Waals surface area contributed by atoms with Crippen LogP contribution in [0.4, 0.5) is 13.2 Å². The fourth-order valence-electron chi connectivity index (χ4n) is 1.18. The molecule has 1 amide bonds. The second-order valence-electron chi connectivity index (χ2n) is 3.29. The van der Waals surface area contributed by atoms with Gasteiger partial charge in [0.05, 0.1) is 0 Å². The number of halogens is 4. The number of hydrogen-bond acceptors (Lipinski definition) is 1. The number of hydrogen-bond donors (Lipinski definition) is 0. The number of carbonyl (C=O) groups is 1. The lowest BCUT2D eigenvalue weighted by atomic mass is 10.2. The molecule has 0 aromatic heterocycles. The van der Waals surface area contributed by atoms with Crippen molar-refractivity contribution >= 4 is 28.5 Å². The number of rotatable bonds is 2. The van der Waals surface area contributed by atoms with Crippen molar-refractivity contribution in [2.45, 2.75) is 6.18 Å². The van der Waals surface area contributed by atoms with Crippen molar-refractivity contribution in [3.05, 3.63) is 33.4 Å². The summed E-state index contributed by atoms with van der Waals surface area (Å²) in [5.74, 6) is -0.629. The van der Waals surface area contributed by atoms with Gasteiger partial charge in [-0.25, -0.2) is 0 Å². The lowest BCUT2D eigenvalue weighted by Crippen LogP contribution is -2.35. The molecule has 0 aliphatic rings. The smallest absolute Gasteiger partial charge is 0.333 e. The summed E-state index contributed by atoms with van der Waals surface area (Å²) in [6.45, 7) is -1.24. The summed E-state index contributed by atoms with van der Waals surface area (Å²) in [4.78, 5) is 12.3. The van der Waals surface area contributed by atoms with E-state index in [-0.39, 0.29) is 5.56 Å². The van der Waals surface area contributed by atoms with Crippen LogP contribution in [0.3, 0.4) is 0 Å². The summed E-state index contributed by atoms with van der Waals surface area (Å²) in [6.07, 6.45) is -4.37. The van der Waals surface area contributed by atoms with Crippen molar-refractivity contribution in [3.8, 4) is 0 Å². The van der Waals surface area contributed by atoms with Crippen LogP contribution in [0.5, 0.6) is 0 Å². The van der Waals surface area contributed by atoms with Gasteiger partial charge < -0.3 is 4.90 Å². The van der Waals surface area contributed by atoms with Crippen LogP contribution < -0.4 is 0 Å². The van der Waals surface area contributed by atoms with E-state index in [2.05, 4.69) is 0 Å². The zero-order chi connectivity index (χ0) is 12.3. The van der Waals surface area contributed by atoms with Gasteiger partial charge in [-0.2, -0.15) is 13.2 Å². The summed E-state index contributed by atoms with van der Waals surface area (Å²) < 4.78 is 37.0. The van der Waals surface area contributed by atoms with Crippen LogP contribution >= 0.6 is 22.6 Å². The van der Waals surface area contributed by atoms with Gasteiger partial charge in [0.2, 0.25) is 0 Å². The second-order valence-corrected chi connectivity index (χ2v) is 4.53. The van der Waals surface area contributed by atoms with E-state index in [4.69, 9.17) is 0 Å². The quantitative estimate of drug-likeness (QED) is 0.757. The Morgan fingerprint density at radius 1 is 1.44 bits per heavy atom. The number of carbonyl (C=O) groups excluding carboxylic acids is 1. The molecule has 1 rings (SSSR count). The molecule has 6 heteroatoms. The van der Waals surface area contributed by atoms with E-state index >= 15 is 0 Å². The summed E-state index contributed by atoms with van der Waals surface area (Å²) in [5, 5.41) is 0. The van der Waals surface area contributed by atoms with Gasteiger partial charge >= 0.3 is 6.18 Å². The number of amides is 1. The predicted octanol–water partition coefficient (Wildman–Crippen LogP) is 2.93. The van der Waals surface area contributed by atoms with Crippen molar-refractivity contribution in [1.82, 2.24) is 4.90 Å². The van der Waals surface area contributed by atoms with Gasteiger partial charge in [-0.1, -0.05) is 6.07 Å². The SMILES string of the molecule is CN(CC(F)(F)F)C(=O)c1cccc(I)c1. The van der Waals surface area contributed by atoms with Crippen molar-refractivity contribution in [3.63, 3.8) is 0 Å². The van der Waals surface area contributed by atoms with Gasteiger partial charge in [0.15, 0.2) is 0 Å². The van der Waals surface area contributed by atoms with Crippen LogP contribution in [-0.2, 0) is 0 Å². The monoisotopic (exact) mass is 343 g/mol. The summed E-state index contributed by atoms with van der Waals surface area (Å²) in [7, 11) is 1.13. The van der Waals surface area contributed by atoms with Crippen LogP contribution in [0.15, 0.2) is 24.3 Å². The minimum absolute atomic E-state index is 0.263. The molecule has 0 spiro atoms. The molecule has 2 nitrogen and oxygen atoms in total. The molecule has 0 saturated heterocycles. The molecule has 0 N–H and O–H groups in total. The van der Waals surface area contributed by atoms with Crippen molar-refractivity contribution < 1.29 is 18.0 Å².